The average molecular weight is 317 g/mol. The average Bonchev–Trinajstić information content (AvgIpc) is 3.16. The number of nitrogens with zero attached hydrogens (tertiary/aromatic N) is 5. The Morgan fingerprint density at radius 3 is 2.70 bits per heavy atom. The Bertz CT molecular complexity index is 724. The van der Waals surface area contributed by atoms with E-state index in [-0.39, 0.29) is 13.0 Å². The van der Waals surface area contributed by atoms with Crippen LogP contribution < -0.4 is 0 Å². The van der Waals surface area contributed by atoms with E-state index < -0.39 is 24.0 Å². The number of carboxylic acids is 1. The Labute approximate surface area is 131 Å². The SMILES string of the molecule is Cc1cc(C2C(C(=O)O)CCN2C(=O)O)nc(-n2ccnc2)n1. The van der Waals surface area contributed by atoms with Gasteiger partial charge in [-0.05, 0) is 19.4 Å². The lowest BCUT2D eigenvalue weighted by atomic mass is 9.97. The Morgan fingerprint density at radius 2 is 2.09 bits per heavy atom. The number of hydrogen-bond acceptors (Lipinski definition) is 5. The third-order valence-electron chi connectivity index (χ3n) is 3.86. The summed E-state index contributed by atoms with van der Waals surface area (Å²) in [7, 11) is 0. The van der Waals surface area contributed by atoms with Crippen molar-refractivity contribution in [3.05, 3.63) is 36.2 Å². The smallest absolute Gasteiger partial charge is 0.407 e. The minimum absolute atomic E-state index is 0.167. The summed E-state index contributed by atoms with van der Waals surface area (Å²) in [4.78, 5) is 36.6. The van der Waals surface area contributed by atoms with Crippen molar-refractivity contribution in [2.24, 2.45) is 5.92 Å². The van der Waals surface area contributed by atoms with E-state index in [4.69, 9.17) is 0 Å². The highest BCUT2D eigenvalue weighted by atomic mass is 16.4. The Morgan fingerprint density at radius 1 is 1.30 bits per heavy atom. The molecule has 23 heavy (non-hydrogen) atoms. The number of aliphatic carboxylic acids is 1. The molecule has 0 aromatic carbocycles. The topological polar surface area (TPSA) is 121 Å². The minimum atomic E-state index is -1.15. The Balaban J connectivity index is 2.07. The molecule has 3 heterocycles. The van der Waals surface area contributed by atoms with Crippen molar-refractivity contribution < 1.29 is 19.8 Å². The highest BCUT2D eigenvalue weighted by Gasteiger charge is 2.43. The first-order chi connectivity index (χ1) is 11.0. The molecule has 2 aromatic rings. The first kappa shape index (κ1) is 14.9. The minimum Gasteiger partial charge on any atom is -0.481 e. The first-order valence-electron chi connectivity index (χ1n) is 7.03. The van der Waals surface area contributed by atoms with Crippen molar-refractivity contribution in [2.45, 2.75) is 19.4 Å². The van der Waals surface area contributed by atoms with Gasteiger partial charge in [0.15, 0.2) is 0 Å². The number of imidazole rings is 1. The maximum atomic E-state index is 11.5. The van der Waals surface area contributed by atoms with E-state index in [9.17, 15) is 19.8 Å². The second-order valence-electron chi connectivity index (χ2n) is 5.36. The monoisotopic (exact) mass is 317 g/mol. The van der Waals surface area contributed by atoms with Crippen molar-refractivity contribution >= 4 is 12.1 Å². The van der Waals surface area contributed by atoms with Crippen LogP contribution in [0.3, 0.4) is 0 Å². The normalized spacial score (nSPS) is 20.7. The van der Waals surface area contributed by atoms with Gasteiger partial charge in [0, 0.05) is 24.6 Å². The third-order valence-corrected chi connectivity index (χ3v) is 3.86. The van der Waals surface area contributed by atoms with Crippen LogP contribution in [-0.4, -0.2) is 53.2 Å². The van der Waals surface area contributed by atoms with Crippen LogP contribution in [0.5, 0.6) is 0 Å². The molecule has 9 heteroatoms. The second kappa shape index (κ2) is 5.67. The molecular weight excluding hydrogens is 302 g/mol. The highest BCUT2D eigenvalue weighted by molar-refractivity contribution is 5.74. The molecule has 0 spiro atoms. The molecule has 0 bridgehead atoms. The fraction of sp³-hybridized carbons (Fsp3) is 0.357. The fourth-order valence-electron chi connectivity index (χ4n) is 2.85. The third kappa shape index (κ3) is 2.72. The number of hydrogen-bond donors (Lipinski definition) is 2. The molecule has 9 nitrogen and oxygen atoms in total. The quantitative estimate of drug-likeness (QED) is 0.869. The highest BCUT2D eigenvalue weighted by Crippen LogP contribution is 2.37. The number of amides is 1. The predicted octanol–water partition coefficient (Wildman–Crippen LogP) is 1.10. The van der Waals surface area contributed by atoms with Gasteiger partial charge in [-0.2, -0.15) is 0 Å². The largest absolute Gasteiger partial charge is 0.481 e. The van der Waals surface area contributed by atoms with Gasteiger partial charge in [-0.1, -0.05) is 0 Å². The van der Waals surface area contributed by atoms with E-state index in [1.165, 1.54) is 6.33 Å². The zero-order chi connectivity index (χ0) is 16.6. The summed E-state index contributed by atoms with van der Waals surface area (Å²) in [6, 6.07) is 0.802. The van der Waals surface area contributed by atoms with Crippen LogP contribution in [-0.2, 0) is 4.79 Å². The van der Waals surface area contributed by atoms with Crippen molar-refractivity contribution in [2.75, 3.05) is 6.54 Å². The van der Waals surface area contributed by atoms with E-state index in [0.29, 0.717) is 17.3 Å². The van der Waals surface area contributed by atoms with Crippen molar-refractivity contribution in [1.82, 2.24) is 24.4 Å². The molecule has 120 valence electrons. The molecule has 3 rings (SSSR count). The van der Waals surface area contributed by atoms with E-state index in [1.807, 2.05) is 0 Å². The van der Waals surface area contributed by atoms with Gasteiger partial charge in [0.05, 0.1) is 17.7 Å². The van der Waals surface area contributed by atoms with Crippen molar-refractivity contribution in [1.29, 1.82) is 0 Å². The Hall–Kier alpha value is -2.97. The zero-order valence-corrected chi connectivity index (χ0v) is 12.3. The molecule has 0 radical (unpaired) electrons. The second-order valence-corrected chi connectivity index (χ2v) is 5.36. The number of aryl methyl sites for hydroxylation is 1. The molecule has 0 saturated carbocycles. The number of aromatic nitrogens is 4. The van der Waals surface area contributed by atoms with Gasteiger partial charge in [-0.25, -0.2) is 19.7 Å². The van der Waals surface area contributed by atoms with Gasteiger partial charge in [-0.15, -0.1) is 0 Å². The first-order valence-corrected chi connectivity index (χ1v) is 7.03. The molecule has 2 aromatic heterocycles. The van der Waals surface area contributed by atoms with E-state index in [1.54, 1.807) is 30.0 Å². The summed E-state index contributed by atoms with van der Waals surface area (Å²) in [5.74, 6) is -1.52. The van der Waals surface area contributed by atoms with Gasteiger partial charge in [0.2, 0.25) is 5.95 Å². The van der Waals surface area contributed by atoms with Crippen LogP contribution in [0.1, 0.15) is 23.9 Å². The van der Waals surface area contributed by atoms with Gasteiger partial charge >= 0.3 is 12.1 Å². The van der Waals surface area contributed by atoms with Crippen LogP contribution in [0.15, 0.2) is 24.8 Å². The van der Waals surface area contributed by atoms with E-state index in [2.05, 4.69) is 15.0 Å². The molecule has 1 aliphatic rings. The maximum absolute atomic E-state index is 11.5. The summed E-state index contributed by atoms with van der Waals surface area (Å²) < 4.78 is 1.59. The standard InChI is InChI=1S/C14H15N5O4/c1-8-6-10(17-13(16-8)18-5-3-15-7-18)11-9(12(20)21)2-4-19(11)14(22)23/h3,5-7,9,11H,2,4H2,1H3,(H,20,21)(H,22,23). The number of carboxylic acid groups (broad SMARTS) is 2. The lowest BCUT2D eigenvalue weighted by Crippen LogP contribution is -2.33. The Kier molecular flexibility index (Phi) is 3.68. The number of carbonyl (C=O) groups is 2. The van der Waals surface area contributed by atoms with E-state index >= 15 is 0 Å². The van der Waals surface area contributed by atoms with Crippen LogP contribution in [0.2, 0.25) is 0 Å². The summed E-state index contributed by atoms with van der Waals surface area (Å²) in [5, 5.41) is 18.7. The molecule has 0 aliphatic carbocycles. The van der Waals surface area contributed by atoms with Gasteiger partial charge in [-0.3, -0.25) is 14.3 Å². The van der Waals surface area contributed by atoms with Crippen LogP contribution >= 0.6 is 0 Å². The number of rotatable bonds is 3. The summed E-state index contributed by atoms with van der Waals surface area (Å²) in [6.45, 7) is 1.92. The molecule has 1 amide bonds. The zero-order valence-electron chi connectivity index (χ0n) is 12.3. The summed E-state index contributed by atoms with van der Waals surface area (Å²) in [5.41, 5.74) is 1.01. The molecule has 1 saturated heterocycles. The molecule has 1 aliphatic heterocycles. The van der Waals surface area contributed by atoms with Crippen LogP contribution in [0.4, 0.5) is 4.79 Å². The van der Waals surface area contributed by atoms with Crippen molar-refractivity contribution in [3.8, 4) is 5.95 Å². The van der Waals surface area contributed by atoms with Crippen LogP contribution in [0.25, 0.3) is 5.95 Å². The summed E-state index contributed by atoms with van der Waals surface area (Å²) >= 11 is 0. The molecular formula is C14H15N5O4. The predicted molar refractivity (Wildman–Crippen MR) is 77.1 cm³/mol. The summed E-state index contributed by atoms with van der Waals surface area (Å²) in [6.07, 6.45) is 3.87. The van der Waals surface area contributed by atoms with E-state index in [0.717, 1.165) is 4.90 Å². The fourth-order valence-corrected chi connectivity index (χ4v) is 2.85. The van der Waals surface area contributed by atoms with Crippen LogP contribution in [0, 0.1) is 12.8 Å². The molecule has 2 N–H and O–H groups in total. The lowest BCUT2D eigenvalue weighted by molar-refractivity contribution is -0.142. The number of likely N-dealkylation sites (tertiary alicyclic amines) is 1. The molecule has 1 fully saturated rings. The van der Waals surface area contributed by atoms with Gasteiger partial charge in [0.25, 0.3) is 0 Å². The maximum Gasteiger partial charge on any atom is 0.407 e. The molecule has 2 atom stereocenters. The van der Waals surface area contributed by atoms with Gasteiger partial charge in [0.1, 0.15) is 6.33 Å². The molecule has 2 unspecified atom stereocenters. The van der Waals surface area contributed by atoms with Gasteiger partial charge < -0.3 is 10.2 Å². The van der Waals surface area contributed by atoms with Crippen molar-refractivity contribution in [3.63, 3.8) is 0 Å². The lowest BCUT2D eigenvalue weighted by Gasteiger charge is -2.24.